The van der Waals surface area contributed by atoms with Crippen molar-refractivity contribution in [3.63, 3.8) is 0 Å². The first-order chi connectivity index (χ1) is 18.8. The fourth-order valence-electron chi connectivity index (χ4n) is 5.22. The number of halogens is 1. The van der Waals surface area contributed by atoms with Crippen LogP contribution >= 0.6 is 23.8 Å². The molecule has 3 heterocycles. The van der Waals surface area contributed by atoms with Gasteiger partial charge >= 0.3 is 0 Å². The molecule has 9 heteroatoms. The van der Waals surface area contributed by atoms with Crippen molar-refractivity contribution in [3.05, 3.63) is 101 Å². The number of nitrogens with one attached hydrogen (secondary N) is 2. The summed E-state index contributed by atoms with van der Waals surface area (Å²) in [5.74, 6) is 0.475. The number of aromatic nitrogens is 2. The van der Waals surface area contributed by atoms with E-state index in [2.05, 4.69) is 51.1 Å². The lowest BCUT2D eigenvalue weighted by atomic mass is 9.96. The maximum absolute atomic E-state index is 12.1. The van der Waals surface area contributed by atoms with E-state index in [1.807, 2.05) is 61.5 Å². The molecule has 1 aliphatic heterocycles. The van der Waals surface area contributed by atoms with Crippen LogP contribution in [0.1, 0.15) is 48.1 Å². The van der Waals surface area contributed by atoms with Crippen molar-refractivity contribution >= 4 is 46.2 Å². The molecule has 0 saturated carbocycles. The lowest BCUT2D eigenvalue weighted by Crippen LogP contribution is -2.29. The van der Waals surface area contributed by atoms with E-state index in [1.54, 1.807) is 13.3 Å². The average Bonchev–Trinajstić information content (AvgIpc) is 3.43. The highest BCUT2D eigenvalue weighted by Gasteiger charge is 2.42. The number of thiocarbonyl (C=S) groups is 1. The monoisotopic (exact) mass is 559 g/mol. The summed E-state index contributed by atoms with van der Waals surface area (Å²) in [5.41, 5.74) is 6.61. The van der Waals surface area contributed by atoms with Crippen LogP contribution in [0.5, 0.6) is 5.75 Å². The summed E-state index contributed by atoms with van der Waals surface area (Å²) >= 11 is 12.3. The van der Waals surface area contributed by atoms with Gasteiger partial charge in [-0.15, -0.1) is 0 Å². The smallest absolute Gasteiger partial charge is 0.224 e. The van der Waals surface area contributed by atoms with Gasteiger partial charge in [-0.3, -0.25) is 9.78 Å². The lowest BCUT2D eigenvalue weighted by Gasteiger charge is -2.29. The molecule has 1 amide bonds. The van der Waals surface area contributed by atoms with Crippen LogP contribution in [0, 0.1) is 13.8 Å². The summed E-state index contributed by atoms with van der Waals surface area (Å²) in [5, 5.41) is 7.69. The Balaban J connectivity index is 1.65. The van der Waals surface area contributed by atoms with Crippen LogP contribution in [0.25, 0.3) is 5.69 Å². The van der Waals surface area contributed by atoms with E-state index in [1.165, 1.54) is 0 Å². The van der Waals surface area contributed by atoms with Crippen LogP contribution in [0.3, 0.4) is 0 Å². The van der Waals surface area contributed by atoms with Gasteiger partial charge in [-0.25, -0.2) is 0 Å². The molecule has 0 radical (unpaired) electrons. The van der Waals surface area contributed by atoms with Gasteiger partial charge in [0.2, 0.25) is 5.91 Å². The highest BCUT2D eigenvalue weighted by atomic mass is 35.5. The van der Waals surface area contributed by atoms with Crippen molar-refractivity contribution in [2.24, 2.45) is 0 Å². The third kappa shape index (κ3) is 5.10. The predicted molar refractivity (Wildman–Crippen MR) is 160 cm³/mol. The Kier molecular flexibility index (Phi) is 7.59. The lowest BCUT2D eigenvalue weighted by molar-refractivity contribution is -0.115. The van der Waals surface area contributed by atoms with Crippen LogP contribution < -0.4 is 20.3 Å². The number of benzene rings is 2. The van der Waals surface area contributed by atoms with Gasteiger partial charge in [-0.1, -0.05) is 30.7 Å². The van der Waals surface area contributed by atoms with Crippen molar-refractivity contribution in [1.82, 2.24) is 14.9 Å². The molecule has 2 aromatic carbocycles. The van der Waals surface area contributed by atoms with E-state index in [-0.39, 0.29) is 18.0 Å². The standard InChI is InChI=1S/C30H30ClN5O2S/c1-5-27(37)33-24-13-12-22(17-26(24)38-4)36-29(28(34-30(36)39)25-11-6-7-14-32-25)23-15-18(2)35(19(23)3)21-10-8-9-20(31)16-21/h6-17,28-29H,5H2,1-4H3,(H,33,37)(H,34,39)/t28-,29+/m0/s1. The minimum Gasteiger partial charge on any atom is -0.494 e. The van der Waals surface area contributed by atoms with Crippen molar-refractivity contribution in [2.75, 3.05) is 17.3 Å². The Morgan fingerprint density at radius 2 is 1.92 bits per heavy atom. The Bertz CT molecular complexity index is 1540. The Hall–Kier alpha value is -3.88. The number of ether oxygens (including phenoxy) is 1. The molecular formula is C30H30ClN5O2S. The number of pyridine rings is 1. The van der Waals surface area contributed by atoms with Crippen LogP contribution in [0.15, 0.2) is 72.9 Å². The highest BCUT2D eigenvalue weighted by molar-refractivity contribution is 7.80. The van der Waals surface area contributed by atoms with Crippen molar-refractivity contribution in [3.8, 4) is 11.4 Å². The minimum absolute atomic E-state index is 0.0824. The number of rotatable bonds is 7. The minimum atomic E-state index is -0.202. The number of aryl methyl sites for hydroxylation is 1. The largest absolute Gasteiger partial charge is 0.494 e. The predicted octanol–water partition coefficient (Wildman–Crippen LogP) is 6.68. The maximum atomic E-state index is 12.1. The Morgan fingerprint density at radius 1 is 1.10 bits per heavy atom. The van der Waals surface area contributed by atoms with E-state index in [4.69, 9.17) is 28.6 Å². The summed E-state index contributed by atoms with van der Waals surface area (Å²) < 4.78 is 7.87. The van der Waals surface area contributed by atoms with Crippen LogP contribution in [-0.4, -0.2) is 27.7 Å². The number of nitrogens with zero attached hydrogens (tertiary/aromatic N) is 3. The van der Waals surface area contributed by atoms with E-state index in [9.17, 15) is 4.79 Å². The second kappa shape index (κ2) is 11.1. The third-order valence-electron chi connectivity index (χ3n) is 7.01. The van der Waals surface area contributed by atoms with Gasteiger partial charge < -0.3 is 24.8 Å². The van der Waals surface area contributed by atoms with Gasteiger partial charge in [0.1, 0.15) is 5.75 Å². The zero-order valence-corrected chi connectivity index (χ0v) is 23.8. The van der Waals surface area contributed by atoms with Crippen molar-refractivity contribution in [1.29, 1.82) is 0 Å². The SMILES string of the molecule is CCC(=O)Nc1ccc(N2C(=S)N[C@@H](c3ccccn3)[C@H]2c2cc(C)n(-c3cccc(Cl)c3)c2C)cc1OC. The van der Waals surface area contributed by atoms with E-state index in [0.717, 1.165) is 34.0 Å². The van der Waals surface area contributed by atoms with Gasteiger partial charge in [0.25, 0.3) is 0 Å². The molecule has 5 rings (SSSR count). The molecule has 0 spiro atoms. The van der Waals surface area contributed by atoms with Crippen molar-refractivity contribution in [2.45, 2.75) is 39.3 Å². The summed E-state index contributed by atoms with van der Waals surface area (Å²) in [6.45, 7) is 6.02. The molecule has 1 aliphatic rings. The number of hydrogen-bond acceptors (Lipinski definition) is 4. The topological polar surface area (TPSA) is 71.4 Å². The number of carbonyl (C=O) groups excluding carboxylic acids is 1. The first kappa shape index (κ1) is 26.7. The van der Waals surface area contributed by atoms with Crippen LogP contribution in [-0.2, 0) is 4.79 Å². The second-order valence-electron chi connectivity index (χ2n) is 9.42. The van der Waals surface area contributed by atoms with Gasteiger partial charge in [-0.05, 0) is 80.2 Å². The van der Waals surface area contributed by atoms with Gasteiger partial charge in [0.05, 0.1) is 30.6 Å². The van der Waals surface area contributed by atoms with Gasteiger partial charge in [0, 0.05) is 46.5 Å². The molecule has 2 atom stereocenters. The molecule has 0 bridgehead atoms. The molecule has 4 aromatic rings. The van der Waals surface area contributed by atoms with E-state index >= 15 is 0 Å². The molecule has 1 fully saturated rings. The highest BCUT2D eigenvalue weighted by Crippen LogP contribution is 2.45. The number of hydrogen-bond donors (Lipinski definition) is 2. The molecule has 2 N–H and O–H groups in total. The van der Waals surface area contributed by atoms with Crippen LogP contribution in [0.2, 0.25) is 5.02 Å². The number of amides is 1. The summed E-state index contributed by atoms with van der Waals surface area (Å²) in [6, 6.07) is 21.3. The number of anilines is 2. The summed E-state index contributed by atoms with van der Waals surface area (Å²) in [6.07, 6.45) is 2.17. The molecule has 39 heavy (non-hydrogen) atoms. The zero-order valence-electron chi connectivity index (χ0n) is 22.2. The summed E-state index contributed by atoms with van der Waals surface area (Å²) in [7, 11) is 1.59. The Morgan fingerprint density at radius 3 is 2.62 bits per heavy atom. The molecule has 7 nitrogen and oxygen atoms in total. The van der Waals surface area contributed by atoms with Gasteiger partial charge in [0.15, 0.2) is 5.11 Å². The second-order valence-corrected chi connectivity index (χ2v) is 10.2. The maximum Gasteiger partial charge on any atom is 0.224 e. The molecule has 200 valence electrons. The Labute approximate surface area is 238 Å². The first-order valence-electron chi connectivity index (χ1n) is 12.8. The summed E-state index contributed by atoms with van der Waals surface area (Å²) in [4.78, 5) is 18.8. The van der Waals surface area contributed by atoms with Gasteiger partial charge in [-0.2, -0.15) is 0 Å². The quantitative estimate of drug-likeness (QED) is 0.246. The molecule has 2 aromatic heterocycles. The molecule has 0 unspecified atom stereocenters. The first-order valence-corrected chi connectivity index (χ1v) is 13.5. The molecule has 1 saturated heterocycles. The fraction of sp³-hybridized carbons (Fsp3) is 0.233. The zero-order chi connectivity index (χ0) is 27.7. The third-order valence-corrected chi connectivity index (χ3v) is 7.56. The normalized spacial score (nSPS) is 16.7. The van der Waals surface area contributed by atoms with E-state index < -0.39 is 0 Å². The van der Waals surface area contributed by atoms with Crippen molar-refractivity contribution < 1.29 is 9.53 Å². The average molecular weight is 560 g/mol. The fourth-order valence-corrected chi connectivity index (χ4v) is 5.75. The van der Waals surface area contributed by atoms with E-state index in [0.29, 0.717) is 28.0 Å². The number of methoxy groups -OCH3 is 1. The molecular weight excluding hydrogens is 530 g/mol. The molecule has 0 aliphatic carbocycles. The van der Waals surface area contributed by atoms with Crippen LogP contribution in [0.4, 0.5) is 11.4 Å². The number of carbonyl (C=O) groups is 1.